The van der Waals surface area contributed by atoms with E-state index < -0.39 is 0 Å². The molecule has 0 aromatic carbocycles. The monoisotopic (exact) mass is 232 g/mol. The van der Waals surface area contributed by atoms with Crippen molar-refractivity contribution in [2.45, 2.75) is 26.2 Å². The van der Waals surface area contributed by atoms with E-state index in [1.54, 1.807) is 0 Å². The van der Waals surface area contributed by atoms with Gasteiger partial charge in [-0.05, 0) is 42.4 Å². The quantitative estimate of drug-likeness (QED) is 0.509. The molecular formula is C12H18Cl2. The fourth-order valence-corrected chi connectivity index (χ4v) is 4.28. The fraction of sp³-hybridized carbons (Fsp3) is 0.833. The van der Waals surface area contributed by atoms with Crippen LogP contribution in [0.1, 0.15) is 26.2 Å². The number of allylic oxidation sites excluding steroid dienone is 2. The molecule has 0 aromatic rings. The van der Waals surface area contributed by atoms with Gasteiger partial charge in [-0.25, -0.2) is 0 Å². The Labute approximate surface area is 96.7 Å². The number of alkyl halides is 2. The first-order chi connectivity index (χ1) is 6.72. The van der Waals surface area contributed by atoms with Crippen LogP contribution in [-0.2, 0) is 0 Å². The maximum atomic E-state index is 6.10. The third-order valence-corrected chi connectivity index (χ3v) is 4.96. The van der Waals surface area contributed by atoms with E-state index in [1.165, 1.54) is 19.3 Å². The molecule has 0 saturated heterocycles. The number of halogens is 2. The van der Waals surface area contributed by atoms with E-state index >= 15 is 0 Å². The lowest BCUT2D eigenvalue weighted by Gasteiger charge is -2.38. The Morgan fingerprint density at radius 1 is 1.36 bits per heavy atom. The molecule has 0 unspecified atom stereocenters. The average Bonchev–Trinajstić information content (AvgIpc) is 2.74. The fourth-order valence-electron chi connectivity index (χ4n) is 3.61. The third kappa shape index (κ3) is 1.51. The number of rotatable bonds is 3. The van der Waals surface area contributed by atoms with Crippen LogP contribution < -0.4 is 0 Å². The summed E-state index contributed by atoms with van der Waals surface area (Å²) in [6, 6.07) is 0. The molecule has 0 amide bonds. The summed E-state index contributed by atoms with van der Waals surface area (Å²) in [6.45, 7) is 2.37. The second kappa shape index (κ2) is 4.06. The van der Waals surface area contributed by atoms with Gasteiger partial charge in [-0.3, -0.25) is 0 Å². The van der Waals surface area contributed by atoms with Crippen LogP contribution in [0.3, 0.4) is 0 Å². The lowest BCUT2D eigenvalue weighted by molar-refractivity contribution is 0.175. The summed E-state index contributed by atoms with van der Waals surface area (Å²) in [6.07, 6.45) is 8.60. The molecule has 2 aliphatic carbocycles. The summed E-state index contributed by atoms with van der Waals surface area (Å²) in [7, 11) is 0. The van der Waals surface area contributed by atoms with Crippen LogP contribution in [0, 0.1) is 23.2 Å². The van der Waals surface area contributed by atoms with Gasteiger partial charge in [0.05, 0.1) is 0 Å². The minimum absolute atomic E-state index is 0.333. The molecule has 2 saturated carbocycles. The van der Waals surface area contributed by atoms with Gasteiger partial charge in [-0.2, -0.15) is 0 Å². The molecule has 0 radical (unpaired) electrons. The summed E-state index contributed by atoms with van der Waals surface area (Å²) in [5, 5.41) is 0. The van der Waals surface area contributed by atoms with Gasteiger partial charge in [0, 0.05) is 11.8 Å². The molecule has 2 heteroatoms. The molecule has 0 N–H and O–H groups in total. The lowest BCUT2D eigenvalue weighted by Crippen LogP contribution is -2.32. The predicted octanol–water partition coefficient (Wildman–Crippen LogP) is 4.07. The van der Waals surface area contributed by atoms with Gasteiger partial charge in [0.25, 0.3) is 0 Å². The lowest BCUT2D eigenvalue weighted by atomic mass is 9.68. The topological polar surface area (TPSA) is 0 Å². The Bertz CT molecular complexity index is 236. The molecule has 80 valence electrons. The smallest absolute Gasteiger partial charge is 0.0404 e. The summed E-state index contributed by atoms with van der Waals surface area (Å²) < 4.78 is 0. The molecule has 14 heavy (non-hydrogen) atoms. The maximum absolute atomic E-state index is 6.10. The van der Waals surface area contributed by atoms with Gasteiger partial charge in [0.1, 0.15) is 0 Å². The van der Waals surface area contributed by atoms with Crippen LogP contribution in [-0.4, -0.2) is 11.8 Å². The van der Waals surface area contributed by atoms with Crippen LogP contribution in [0.2, 0.25) is 0 Å². The molecule has 2 bridgehead atoms. The van der Waals surface area contributed by atoms with E-state index in [4.69, 9.17) is 23.2 Å². The Kier molecular flexibility index (Phi) is 3.14. The molecule has 0 heterocycles. The molecular weight excluding hydrogens is 215 g/mol. The second-order valence-corrected chi connectivity index (χ2v) is 5.57. The van der Waals surface area contributed by atoms with E-state index in [0.717, 1.165) is 17.7 Å². The molecule has 2 aliphatic rings. The van der Waals surface area contributed by atoms with Gasteiger partial charge in [-0.15, -0.1) is 23.2 Å². The first-order valence-corrected chi connectivity index (χ1v) is 6.59. The molecule has 0 aromatic heterocycles. The summed E-state index contributed by atoms with van der Waals surface area (Å²) >= 11 is 11.8. The zero-order valence-electron chi connectivity index (χ0n) is 8.68. The Morgan fingerprint density at radius 3 is 2.79 bits per heavy atom. The Morgan fingerprint density at radius 2 is 2.14 bits per heavy atom. The van der Waals surface area contributed by atoms with Gasteiger partial charge >= 0.3 is 0 Å². The first kappa shape index (κ1) is 10.8. The van der Waals surface area contributed by atoms with E-state index in [1.807, 2.05) is 0 Å². The SMILES string of the molecule is C[C@@]1(/C=C/CCl)[C@H]2CC[C@H](C2)[C@H]1CCl. The highest BCUT2D eigenvalue weighted by Crippen LogP contribution is 2.60. The normalized spacial score (nSPS) is 46.6. The minimum Gasteiger partial charge on any atom is -0.126 e. The highest BCUT2D eigenvalue weighted by Gasteiger charge is 2.53. The third-order valence-electron chi connectivity index (χ3n) is 4.45. The maximum Gasteiger partial charge on any atom is 0.0404 e. The molecule has 0 nitrogen and oxygen atoms in total. The van der Waals surface area contributed by atoms with Crippen molar-refractivity contribution in [2.24, 2.45) is 23.2 Å². The van der Waals surface area contributed by atoms with Crippen molar-refractivity contribution in [1.29, 1.82) is 0 Å². The van der Waals surface area contributed by atoms with E-state index in [2.05, 4.69) is 19.1 Å². The van der Waals surface area contributed by atoms with Crippen molar-refractivity contribution in [3.8, 4) is 0 Å². The summed E-state index contributed by atoms with van der Waals surface area (Å²) in [4.78, 5) is 0. The zero-order valence-corrected chi connectivity index (χ0v) is 10.2. The molecule has 2 rings (SSSR count). The van der Waals surface area contributed by atoms with Crippen LogP contribution in [0.4, 0.5) is 0 Å². The van der Waals surface area contributed by atoms with Crippen LogP contribution in [0.25, 0.3) is 0 Å². The molecule has 0 spiro atoms. The van der Waals surface area contributed by atoms with Crippen LogP contribution >= 0.6 is 23.2 Å². The zero-order chi connectivity index (χ0) is 10.2. The van der Waals surface area contributed by atoms with Gasteiger partial charge in [0.2, 0.25) is 0 Å². The van der Waals surface area contributed by atoms with Crippen molar-refractivity contribution in [3.63, 3.8) is 0 Å². The second-order valence-electron chi connectivity index (χ2n) is 4.95. The van der Waals surface area contributed by atoms with Gasteiger partial charge in [-0.1, -0.05) is 19.1 Å². The van der Waals surface area contributed by atoms with Crippen molar-refractivity contribution < 1.29 is 0 Å². The van der Waals surface area contributed by atoms with E-state index in [-0.39, 0.29) is 0 Å². The predicted molar refractivity (Wildman–Crippen MR) is 63.0 cm³/mol. The van der Waals surface area contributed by atoms with Crippen molar-refractivity contribution in [1.82, 2.24) is 0 Å². The first-order valence-electron chi connectivity index (χ1n) is 5.52. The number of hydrogen-bond acceptors (Lipinski definition) is 0. The standard InChI is InChI=1S/C12H18Cl2/c1-12(5-2-6-13)10-4-3-9(7-10)11(12)8-14/h2,5,9-11H,3-4,6-8H2,1H3/b5-2+/t9-,10+,11-,12-/m1/s1. The van der Waals surface area contributed by atoms with E-state index in [9.17, 15) is 0 Å². The minimum atomic E-state index is 0.333. The largest absolute Gasteiger partial charge is 0.126 e. The van der Waals surface area contributed by atoms with Gasteiger partial charge in [0.15, 0.2) is 0 Å². The molecule has 4 atom stereocenters. The van der Waals surface area contributed by atoms with Crippen LogP contribution in [0.5, 0.6) is 0 Å². The summed E-state index contributed by atoms with van der Waals surface area (Å²) in [5.74, 6) is 3.85. The van der Waals surface area contributed by atoms with Gasteiger partial charge < -0.3 is 0 Å². The van der Waals surface area contributed by atoms with Crippen LogP contribution in [0.15, 0.2) is 12.2 Å². The van der Waals surface area contributed by atoms with Crippen molar-refractivity contribution >= 4 is 23.2 Å². The highest BCUT2D eigenvalue weighted by atomic mass is 35.5. The number of hydrogen-bond donors (Lipinski definition) is 0. The molecule has 2 fully saturated rings. The van der Waals surface area contributed by atoms with E-state index in [0.29, 0.717) is 17.2 Å². The van der Waals surface area contributed by atoms with Crippen molar-refractivity contribution in [3.05, 3.63) is 12.2 Å². The Hall–Kier alpha value is 0.320. The molecule has 0 aliphatic heterocycles. The average molecular weight is 233 g/mol. The Balaban J connectivity index is 2.19. The highest BCUT2D eigenvalue weighted by molar-refractivity contribution is 6.19. The number of fused-ring (bicyclic) bond motifs is 2. The van der Waals surface area contributed by atoms with Crippen molar-refractivity contribution in [2.75, 3.05) is 11.8 Å². The summed E-state index contributed by atoms with van der Waals surface area (Å²) in [5.41, 5.74) is 0.333.